The fourth-order valence-electron chi connectivity index (χ4n) is 2.26. The van der Waals surface area contributed by atoms with E-state index in [1.165, 1.54) is 5.01 Å². The van der Waals surface area contributed by atoms with E-state index in [2.05, 4.69) is 5.10 Å². The van der Waals surface area contributed by atoms with Gasteiger partial charge in [-0.05, 0) is 12.5 Å². The normalized spacial score (nSPS) is 32.1. The number of likely N-dealkylation sites (N-methyl/N-ethyl adjacent to an activating group) is 1. The minimum atomic E-state index is -0.809. The molecule has 1 amide bonds. The Kier molecular flexibility index (Phi) is 1.74. The molecule has 1 saturated heterocycles. The molecule has 4 heteroatoms. The number of rotatable bonds is 1. The molecule has 2 heterocycles. The van der Waals surface area contributed by atoms with Crippen LogP contribution < -0.4 is 0 Å². The molecule has 0 aliphatic carbocycles. The Hall–Kier alpha value is -1.68. The number of hydrogen-bond acceptors (Lipinski definition) is 3. The van der Waals surface area contributed by atoms with Crippen LogP contribution in [0.4, 0.5) is 0 Å². The van der Waals surface area contributed by atoms with Crippen molar-refractivity contribution in [3.8, 4) is 0 Å². The molecule has 16 heavy (non-hydrogen) atoms. The zero-order valence-electron chi connectivity index (χ0n) is 9.18. The van der Waals surface area contributed by atoms with Crippen LogP contribution >= 0.6 is 0 Å². The molecular weight excluding hydrogens is 204 g/mol. The van der Waals surface area contributed by atoms with Crippen LogP contribution in [0.25, 0.3) is 0 Å². The molecule has 82 valence electrons. The maximum atomic E-state index is 12.0. The minimum Gasteiger partial charge on any atom is -0.344 e. The highest BCUT2D eigenvalue weighted by Crippen LogP contribution is 2.53. The summed E-state index contributed by atoms with van der Waals surface area (Å²) < 4.78 is 5.62. The second-order valence-corrected chi connectivity index (χ2v) is 4.16. The van der Waals surface area contributed by atoms with E-state index in [0.717, 1.165) is 11.3 Å². The van der Waals surface area contributed by atoms with Gasteiger partial charge in [0.15, 0.2) is 0 Å². The first-order chi connectivity index (χ1) is 7.66. The van der Waals surface area contributed by atoms with Crippen molar-refractivity contribution in [2.24, 2.45) is 5.10 Å². The number of amides is 1. The Morgan fingerprint density at radius 1 is 1.38 bits per heavy atom. The van der Waals surface area contributed by atoms with E-state index in [0.29, 0.717) is 0 Å². The van der Waals surface area contributed by atoms with Gasteiger partial charge in [0, 0.05) is 7.05 Å². The predicted molar refractivity (Wildman–Crippen MR) is 58.9 cm³/mol. The summed E-state index contributed by atoms with van der Waals surface area (Å²) >= 11 is 0. The summed E-state index contributed by atoms with van der Waals surface area (Å²) in [7, 11) is 1.66. The molecule has 1 aromatic carbocycles. The lowest BCUT2D eigenvalue weighted by molar-refractivity contribution is -0.131. The number of carbonyl (C=O) groups excluding carboxylic acids is 1. The van der Waals surface area contributed by atoms with E-state index in [1.807, 2.05) is 37.3 Å². The molecule has 1 spiro atoms. The molecule has 4 nitrogen and oxygen atoms in total. The van der Waals surface area contributed by atoms with E-state index >= 15 is 0 Å². The second kappa shape index (κ2) is 2.92. The van der Waals surface area contributed by atoms with Crippen LogP contribution in [0.1, 0.15) is 18.6 Å². The number of carbonyl (C=O) groups is 1. The summed E-state index contributed by atoms with van der Waals surface area (Å²) in [4.78, 5) is 12.0. The average Bonchev–Trinajstić information content (AvgIpc) is 3.01. The van der Waals surface area contributed by atoms with Gasteiger partial charge in [-0.15, -0.1) is 0 Å². The van der Waals surface area contributed by atoms with Crippen molar-refractivity contribution < 1.29 is 9.53 Å². The SMILES string of the molecule is CC1=NN(C)C(=O)C12OC2c1ccccc1. The molecule has 2 atom stereocenters. The summed E-state index contributed by atoms with van der Waals surface area (Å²) in [6.45, 7) is 1.84. The minimum absolute atomic E-state index is 0.0705. The van der Waals surface area contributed by atoms with Gasteiger partial charge in [-0.25, -0.2) is 5.01 Å². The lowest BCUT2D eigenvalue weighted by atomic mass is 9.95. The topological polar surface area (TPSA) is 45.2 Å². The monoisotopic (exact) mass is 216 g/mol. The molecule has 1 aromatic rings. The first kappa shape index (κ1) is 9.54. The van der Waals surface area contributed by atoms with E-state index in [9.17, 15) is 4.79 Å². The zero-order valence-corrected chi connectivity index (χ0v) is 9.18. The molecule has 0 bridgehead atoms. The summed E-state index contributed by atoms with van der Waals surface area (Å²) in [5, 5.41) is 5.50. The fraction of sp³-hybridized carbons (Fsp3) is 0.333. The summed E-state index contributed by atoms with van der Waals surface area (Å²) in [5.74, 6) is -0.0705. The average molecular weight is 216 g/mol. The van der Waals surface area contributed by atoms with Crippen molar-refractivity contribution >= 4 is 11.6 Å². The van der Waals surface area contributed by atoms with Crippen LogP contribution in [0.5, 0.6) is 0 Å². The van der Waals surface area contributed by atoms with Gasteiger partial charge in [0.05, 0.1) is 5.71 Å². The van der Waals surface area contributed by atoms with Crippen LogP contribution in [-0.4, -0.2) is 29.3 Å². The molecule has 3 rings (SSSR count). The lowest BCUT2D eigenvalue weighted by Crippen LogP contribution is -2.33. The fourth-order valence-corrected chi connectivity index (χ4v) is 2.26. The van der Waals surface area contributed by atoms with Crippen molar-refractivity contribution in [1.29, 1.82) is 0 Å². The molecule has 0 saturated carbocycles. The third kappa shape index (κ3) is 1.02. The molecule has 2 aliphatic heterocycles. The first-order valence-corrected chi connectivity index (χ1v) is 5.23. The van der Waals surface area contributed by atoms with Gasteiger partial charge in [0.1, 0.15) is 6.10 Å². The number of hydrogen-bond donors (Lipinski definition) is 0. The molecule has 2 unspecified atom stereocenters. The number of hydrazone groups is 1. The van der Waals surface area contributed by atoms with Crippen molar-refractivity contribution in [2.75, 3.05) is 7.05 Å². The Labute approximate surface area is 93.5 Å². The highest BCUT2D eigenvalue weighted by molar-refractivity contribution is 6.17. The third-order valence-electron chi connectivity index (χ3n) is 3.17. The molecule has 0 aromatic heterocycles. The molecule has 0 radical (unpaired) electrons. The van der Waals surface area contributed by atoms with E-state index in [4.69, 9.17) is 4.74 Å². The smallest absolute Gasteiger partial charge is 0.283 e. The van der Waals surface area contributed by atoms with Crippen LogP contribution in [-0.2, 0) is 9.53 Å². The van der Waals surface area contributed by atoms with E-state index < -0.39 is 5.60 Å². The van der Waals surface area contributed by atoms with Crippen LogP contribution in [0.3, 0.4) is 0 Å². The predicted octanol–water partition coefficient (Wildman–Crippen LogP) is 1.34. The Morgan fingerprint density at radius 2 is 2.06 bits per heavy atom. The summed E-state index contributed by atoms with van der Waals surface area (Å²) in [6.07, 6.45) is -0.171. The van der Waals surface area contributed by atoms with Crippen LogP contribution in [0.15, 0.2) is 35.4 Å². The molecule has 1 fully saturated rings. The second-order valence-electron chi connectivity index (χ2n) is 4.16. The van der Waals surface area contributed by atoms with Gasteiger partial charge in [0.2, 0.25) is 5.60 Å². The van der Waals surface area contributed by atoms with E-state index in [1.54, 1.807) is 7.05 Å². The number of nitrogens with zero attached hydrogens (tertiary/aromatic N) is 2. The van der Waals surface area contributed by atoms with Crippen LogP contribution in [0.2, 0.25) is 0 Å². The number of epoxide rings is 1. The first-order valence-electron chi connectivity index (χ1n) is 5.23. The Balaban J connectivity index is 1.96. The quantitative estimate of drug-likeness (QED) is 0.665. The summed E-state index contributed by atoms with van der Waals surface area (Å²) in [6, 6.07) is 9.78. The van der Waals surface area contributed by atoms with Gasteiger partial charge in [-0.3, -0.25) is 4.79 Å². The largest absolute Gasteiger partial charge is 0.344 e. The van der Waals surface area contributed by atoms with Gasteiger partial charge >= 0.3 is 0 Å². The van der Waals surface area contributed by atoms with Gasteiger partial charge in [-0.2, -0.15) is 5.10 Å². The van der Waals surface area contributed by atoms with Gasteiger partial charge in [-0.1, -0.05) is 30.3 Å². The van der Waals surface area contributed by atoms with Crippen molar-refractivity contribution in [3.63, 3.8) is 0 Å². The third-order valence-corrected chi connectivity index (χ3v) is 3.17. The number of benzene rings is 1. The van der Waals surface area contributed by atoms with Crippen LogP contribution in [0, 0.1) is 0 Å². The molecule has 2 aliphatic rings. The zero-order chi connectivity index (χ0) is 11.3. The highest BCUT2D eigenvalue weighted by atomic mass is 16.6. The highest BCUT2D eigenvalue weighted by Gasteiger charge is 2.69. The molecule has 0 N–H and O–H groups in total. The van der Waals surface area contributed by atoms with Crippen molar-refractivity contribution in [2.45, 2.75) is 18.6 Å². The van der Waals surface area contributed by atoms with Crippen molar-refractivity contribution in [1.82, 2.24) is 5.01 Å². The lowest BCUT2D eigenvalue weighted by Gasteiger charge is -2.05. The van der Waals surface area contributed by atoms with Gasteiger partial charge in [0.25, 0.3) is 5.91 Å². The Bertz CT molecular complexity index is 483. The maximum Gasteiger partial charge on any atom is 0.283 e. The van der Waals surface area contributed by atoms with Crippen molar-refractivity contribution in [3.05, 3.63) is 35.9 Å². The Morgan fingerprint density at radius 3 is 2.62 bits per heavy atom. The van der Waals surface area contributed by atoms with Gasteiger partial charge < -0.3 is 4.74 Å². The van der Waals surface area contributed by atoms with E-state index in [-0.39, 0.29) is 12.0 Å². The number of ether oxygens (including phenoxy) is 1. The maximum absolute atomic E-state index is 12.0. The standard InChI is InChI=1S/C12H12N2O2/c1-8-12(11(15)14(2)13-8)10(16-12)9-6-4-3-5-7-9/h3-7,10H,1-2H3. The molecular formula is C12H12N2O2. The summed E-state index contributed by atoms with van der Waals surface area (Å²) in [5.41, 5.74) is 0.963.